The molecule has 0 unspecified atom stereocenters. The van der Waals surface area contributed by atoms with E-state index < -0.39 is 11.7 Å². The van der Waals surface area contributed by atoms with E-state index in [9.17, 15) is 9.59 Å². The van der Waals surface area contributed by atoms with E-state index in [1.54, 1.807) is 17.0 Å². The fourth-order valence-electron chi connectivity index (χ4n) is 1.79. The second-order valence-corrected chi connectivity index (χ2v) is 5.98. The highest BCUT2D eigenvalue weighted by Crippen LogP contribution is 2.06. The first-order chi connectivity index (χ1) is 10.3. The van der Waals surface area contributed by atoms with Crippen molar-refractivity contribution in [3.8, 4) is 0 Å². The van der Waals surface area contributed by atoms with E-state index in [0.29, 0.717) is 31.9 Å². The summed E-state index contributed by atoms with van der Waals surface area (Å²) in [5, 5.41) is 5.66. The van der Waals surface area contributed by atoms with E-state index >= 15 is 0 Å². The first-order valence-corrected chi connectivity index (χ1v) is 7.59. The summed E-state index contributed by atoms with van der Waals surface area (Å²) in [4.78, 5) is 27.5. The minimum Gasteiger partial charge on any atom is -0.444 e. The van der Waals surface area contributed by atoms with Gasteiger partial charge in [0.25, 0.3) is 5.56 Å². The smallest absolute Gasteiger partial charge is 0.407 e. The third-order valence-electron chi connectivity index (χ3n) is 2.69. The van der Waals surface area contributed by atoms with Crippen LogP contribution in [0, 0.1) is 0 Å². The second-order valence-electron chi connectivity index (χ2n) is 5.98. The Bertz CT molecular complexity index is 534. The molecule has 1 aromatic rings. The minimum absolute atomic E-state index is 0.121. The van der Waals surface area contributed by atoms with Gasteiger partial charge in [-0.1, -0.05) is 6.92 Å². The Labute approximate surface area is 131 Å². The lowest BCUT2D eigenvalue weighted by molar-refractivity contribution is 0.0528. The molecule has 0 saturated carbocycles. The number of carbonyl (C=O) groups is 1. The van der Waals surface area contributed by atoms with Crippen LogP contribution < -0.4 is 16.2 Å². The first kappa shape index (κ1) is 18.0. The molecule has 0 saturated heterocycles. The highest BCUT2D eigenvalue weighted by molar-refractivity contribution is 5.67. The van der Waals surface area contributed by atoms with Crippen molar-refractivity contribution in [3.63, 3.8) is 0 Å². The van der Waals surface area contributed by atoms with Crippen molar-refractivity contribution in [3.05, 3.63) is 22.7 Å². The zero-order valence-corrected chi connectivity index (χ0v) is 13.8. The van der Waals surface area contributed by atoms with Gasteiger partial charge in [0.2, 0.25) is 0 Å². The summed E-state index contributed by atoms with van der Waals surface area (Å²) in [7, 11) is 0. The van der Waals surface area contributed by atoms with Gasteiger partial charge in [0.15, 0.2) is 5.82 Å². The number of rotatable bonds is 7. The molecule has 0 aliphatic heterocycles. The van der Waals surface area contributed by atoms with Gasteiger partial charge < -0.3 is 19.9 Å². The molecule has 0 aliphatic carbocycles. The molecule has 2 N–H and O–H groups in total. The van der Waals surface area contributed by atoms with Gasteiger partial charge in [0.05, 0.1) is 0 Å². The second kappa shape index (κ2) is 8.41. The third kappa shape index (κ3) is 6.60. The van der Waals surface area contributed by atoms with Gasteiger partial charge in [-0.3, -0.25) is 4.79 Å². The van der Waals surface area contributed by atoms with Gasteiger partial charge in [-0.05, 0) is 33.6 Å². The van der Waals surface area contributed by atoms with Gasteiger partial charge in [-0.15, -0.1) is 0 Å². The Balaban J connectivity index is 2.32. The largest absolute Gasteiger partial charge is 0.444 e. The monoisotopic (exact) mass is 310 g/mol. The Morgan fingerprint density at radius 2 is 2.09 bits per heavy atom. The van der Waals surface area contributed by atoms with E-state index in [1.165, 1.54) is 0 Å². The van der Waals surface area contributed by atoms with Crippen molar-refractivity contribution in [2.75, 3.05) is 18.4 Å². The number of amides is 1. The molecule has 0 bridgehead atoms. The van der Waals surface area contributed by atoms with Crippen molar-refractivity contribution in [2.45, 2.75) is 52.7 Å². The number of nitrogens with one attached hydrogen (secondary N) is 2. The van der Waals surface area contributed by atoms with Crippen LogP contribution >= 0.6 is 0 Å². The number of anilines is 1. The molecule has 0 aliphatic rings. The molecule has 7 heteroatoms. The summed E-state index contributed by atoms with van der Waals surface area (Å²) in [6.45, 7) is 9.16. The molecule has 1 rings (SSSR count). The van der Waals surface area contributed by atoms with Crippen molar-refractivity contribution in [1.29, 1.82) is 0 Å². The van der Waals surface area contributed by atoms with Crippen LogP contribution in [0.3, 0.4) is 0 Å². The predicted molar refractivity (Wildman–Crippen MR) is 86.1 cm³/mol. The maximum Gasteiger partial charge on any atom is 0.407 e. The Morgan fingerprint density at radius 1 is 1.36 bits per heavy atom. The lowest BCUT2D eigenvalue weighted by Gasteiger charge is -2.19. The molecular formula is C15H26N4O3. The molecule has 0 atom stereocenters. The van der Waals surface area contributed by atoms with Gasteiger partial charge in [0.1, 0.15) is 5.60 Å². The van der Waals surface area contributed by atoms with Crippen LogP contribution in [0.25, 0.3) is 0 Å². The number of hydrogen-bond donors (Lipinski definition) is 2. The topological polar surface area (TPSA) is 85.2 Å². The van der Waals surface area contributed by atoms with E-state index in [2.05, 4.69) is 15.6 Å². The summed E-state index contributed by atoms with van der Waals surface area (Å²) in [6.07, 6.45) is 4.42. The van der Waals surface area contributed by atoms with Gasteiger partial charge in [-0.25, -0.2) is 9.78 Å². The lowest BCUT2D eigenvalue weighted by atomic mass is 10.2. The fraction of sp³-hybridized carbons (Fsp3) is 0.667. The van der Waals surface area contributed by atoms with Gasteiger partial charge in [-0.2, -0.15) is 0 Å². The summed E-state index contributed by atoms with van der Waals surface area (Å²) in [5.74, 6) is 0.341. The Hall–Kier alpha value is -2.05. The first-order valence-electron chi connectivity index (χ1n) is 7.59. The third-order valence-corrected chi connectivity index (χ3v) is 2.69. The highest BCUT2D eigenvalue weighted by Gasteiger charge is 2.15. The number of aryl methyl sites for hydroxylation is 1. The molecule has 1 amide bonds. The van der Waals surface area contributed by atoms with Crippen LogP contribution in [0.5, 0.6) is 0 Å². The maximum atomic E-state index is 12.0. The molecule has 0 radical (unpaired) electrons. The van der Waals surface area contributed by atoms with Crippen LogP contribution in [-0.2, 0) is 11.3 Å². The average molecular weight is 310 g/mol. The van der Waals surface area contributed by atoms with Crippen LogP contribution in [-0.4, -0.2) is 34.3 Å². The highest BCUT2D eigenvalue weighted by atomic mass is 16.6. The van der Waals surface area contributed by atoms with Crippen molar-refractivity contribution < 1.29 is 9.53 Å². The normalized spacial score (nSPS) is 11.1. The fourth-order valence-corrected chi connectivity index (χ4v) is 1.79. The van der Waals surface area contributed by atoms with Crippen LogP contribution in [0.1, 0.15) is 40.5 Å². The number of carbonyl (C=O) groups excluding carboxylic acids is 1. The van der Waals surface area contributed by atoms with Gasteiger partial charge >= 0.3 is 6.09 Å². The average Bonchev–Trinajstić information content (AvgIpc) is 2.40. The van der Waals surface area contributed by atoms with Crippen LogP contribution in [0.2, 0.25) is 0 Å². The molecule has 0 aromatic carbocycles. The standard InChI is InChI=1S/C15H26N4O3/c1-5-10-19-11-9-17-12(13(19)20)16-7-6-8-18-14(21)22-15(2,3)4/h9,11H,5-8,10H2,1-4H3,(H,16,17)(H,18,21). The Morgan fingerprint density at radius 3 is 2.73 bits per heavy atom. The number of hydrogen-bond acceptors (Lipinski definition) is 5. The SMILES string of the molecule is CCCn1ccnc(NCCCNC(=O)OC(C)(C)C)c1=O. The minimum atomic E-state index is -0.499. The zero-order valence-electron chi connectivity index (χ0n) is 13.8. The van der Waals surface area contributed by atoms with Crippen molar-refractivity contribution >= 4 is 11.9 Å². The molecular weight excluding hydrogens is 284 g/mol. The number of nitrogens with zero attached hydrogens (tertiary/aromatic N) is 2. The van der Waals surface area contributed by atoms with Crippen LogP contribution in [0.4, 0.5) is 10.6 Å². The summed E-state index contributed by atoms with van der Waals surface area (Å²) in [5.41, 5.74) is -0.620. The summed E-state index contributed by atoms with van der Waals surface area (Å²) < 4.78 is 6.76. The maximum absolute atomic E-state index is 12.0. The molecule has 124 valence electrons. The quantitative estimate of drug-likeness (QED) is 0.752. The number of aromatic nitrogens is 2. The summed E-state index contributed by atoms with van der Waals surface area (Å²) >= 11 is 0. The van der Waals surface area contributed by atoms with Gasteiger partial charge in [0, 0.05) is 32.0 Å². The molecule has 1 heterocycles. The molecule has 0 spiro atoms. The molecule has 0 fully saturated rings. The molecule has 1 aromatic heterocycles. The molecule has 7 nitrogen and oxygen atoms in total. The van der Waals surface area contributed by atoms with Crippen molar-refractivity contribution in [1.82, 2.24) is 14.9 Å². The van der Waals surface area contributed by atoms with Crippen LogP contribution in [0.15, 0.2) is 17.2 Å². The Kier molecular flexibility index (Phi) is 6.88. The van der Waals surface area contributed by atoms with E-state index in [4.69, 9.17) is 4.74 Å². The van der Waals surface area contributed by atoms with E-state index in [0.717, 1.165) is 6.42 Å². The lowest BCUT2D eigenvalue weighted by Crippen LogP contribution is -2.33. The van der Waals surface area contributed by atoms with E-state index in [1.807, 2.05) is 27.7 Å². The van der Waals surface area contributed by atoms with Crippen molar-refractivity contribution in [2.24, 2.45) is 0 Å². The molecule has 22 heavy (non-hydrogen) atoms. The zero-order chi connectivity index (χ0) is 16.6. The predicted octanol–water partition coefficient (Wildman–Crippen LogP) is 1.98. The number of ether oxygens (including phenoxy) is 1. The van der Waals surface area contributed by atoms with E-state index in [-0.39, 0.29) is 5.56 Å². The summed E-state index contributed by atoms with van der Waals surface area (Å²) in [6, 6.07) is 0. The number of alkyl carbamates (subject to hydrolysis) is 1.